The maximum absolute atomic E-state index is 12.7. The Bertz CT molecular complexity index is 1060. The van der Waals surface area contributed by atoms with E-state index in [9.17, 15) is 19.4 Å². The van der Waals surface area contributed by atoms with Crippen LogP contribution in [0.5, 0.6) is 0 Å². The summed E-state index contributed by atoms with van der Waals surface area (Å²) >= 11 is 0. The average molecular weight is 899 g/mol. The maximum Gasteiger partial charge on any atom is 0.472 e. The van der Waals surface area contributed by atoms with Crippen molar-refractivity contribution in [3.8, 4) is 0 Å². The van der Waals surface area contributed by atoms with E-state index in [0.29, 0.717) is 6.61 Å². The van der Waals surface area contributed by atoms with E-state index in [1.165, 1.54) is 180 Å². The van der Waals surface area contributed by atoms with Crippen LogP contribution < -0.4 is 0 Å². The zero-order valence-corrected chi connectivity index (χ0v) is 41.2. The molecule has 0 spiro atoms. The molecule has 9 nitrogen and oxygen atoms in total. The molecule has 0 aliphatic rings. The zero-order valence-electron chi connectivity index (χ0n) is 40.3. The first-order chi connectivity index (χ1) is 30.3. The second-order valence-electron chi connectivity index (χ2n) is 17.5. The Morgan fingerprint density at radius 1 is 0.500 bits per heavy atom. The van der Waals surface area contributed by atoms with Crippen LogP contribution in [-0.2, 0) is 27.9 Å². The van der Waals surface area contributed by atoms with Crippen molar-refractivity contribution >= 4 is 13.8 Å². The SMILES string of the molecule is CCCCCCC/C=C\C/C=C\CCCCCCCCCCCCOCC(COP(=O)(O)OCC(O)CO)OC(=O)CCCCCCCCCCC/C=C\CCCCCCCC. The van der Waals surface area contributed by atoms with E-state index in [4.69, 9.17) is 23.6 Å². The summed E-state index contributed by atoms with van der Waals surface area (Å²) in [6.45, 7) is 3.54. The summed E-state index contributed by atoms with van der Waals surface area (Å²) in [5.41, 5.74) is 0. The van der Waals surface area contributed by atoms with Gasteiger partial charge in [0.15, 0.2) is 0 Å². The number of phosphoric acid groups is 1. The Hall–Kier alpha value is -1.32. The molecule has 0 aromatic rings. The van der Waals surface area contributed by atoms with Gasteiger partial charge in [0, 0.05) is 13.0 Å². The van der Waals surface area contributed by atoms with Crippen LogP contribution >= 0.6 is 7.82 Å². The summed E-state index contributed by atoms with van der Waals surface area (Å²) in [4.78, 5) is 22.7. The van der Waals surface area contributed by atoms with Gasteiger partial charge in [-0.3, -0.25) is 13.8 Å². The second kappa shape index (κ2) is 49.1. The quantitative estimate of drug-likeness (QED) is 0.0236. The number of carbonyl (C=O) groups is 1. The van der Waals surface area contributed by atoms with Crippen LogP contribution in [-0.4, -0.2) is 66.3 Å². The summed E-state index contributed by atoms with van der Waals surface area (Å²) in [6.07, 6.45) is 55.4. The number of ether oxygens (including phenoxy) is 2. The van der Waals surface area contributed by atoms with Crippen LogP contribution in [0.4, 0.5) is 0 Å². The topological polar surface area (TPSA) is 132 Å². The second-order valence-corrected chi connectivity index (χ2v) is 19.0. The fourth-order valence-corrected chi connectivity index (χ4v) is 8.11. The van der Waals surface area contributed by atoms with Crippen molar-refractivity contribution < 1.29 is 43.0 Å². The molecule has 3 atom stereocenters. The number of esters is 1. The molecule has 0 aromatic heterocycles. The van der Waals surface area contributed by atoms with Gasteiger partial charge >= 0.3 is 13.8 Å². The molecule has 10 heteroatoms. The number of hydrogen-bond donors (Lipinski definition) is 3. The van der Waals surface area contributed by atoms with E-state index in [1.807, 2.05) is 0 Å². The molecule has 62 heavy (non-hydrogen) atoms. The highest BCUT2D eigenvalue weighted by molar-refractivity contribution is 7.47. The average Bonchev–Trinajstić information content (AvgIpc) is 3.26. The van der Waals surface area contributed by atoms with Gasteiger partial charge in [0.2, 0.25) is 0 Å². The lowest BCUT2D eigenvalue weighted by Crippen LogP contribution is -2.29. The van der Waals surface area contributed by atoms with E-state index >= 15 is 0 Å². The molecule has 0 saturated heterocycles. The first-order valence-corrected chi connectivity index (χ1v) is 27.5. The molecule has 0 heterocycles. The number of allylic oxidation sites excluding steroid dienone is 6. The predicted octanol–water partition coefficient (Wildman–Crippen LogP) is 15.2. The minimum Gasteiger partial charge on any atom is -0.457 e. The third-order valence-electron chi connectivity index (χ3n) is 11.3. The molecule has 0 aliphatic heterocycles. The van der Waals surface area contributed by atoms with Crippen LogP contribution in [0.2, 0.25) is 0 Å². The monoisotopic (exact) mass is 899 g/mol. The third-order valence-corrected chi connectivity index (χ3v) is 12.2. The fraction of sp³-hybridized carbons (Fsp3) is 0.865. The van der Waals surface area contributed by atoms with Crippen LogP contribution in [0.3, 0.4) is 0 Å². The van der Waals surface area contributed by atoms with Crippen molar-refractivity contribution in [2.75, 3.05) is 33.0 Å². The van der Waals surface area contributed by atoms with Gasteiger partial charge in [-0.05, 0) is 70.6 Å². The highest BCUT2D eigenvalue weighted by Crippen LogP contribution is 2.43. The predicted molar refractivity (Wildman–Crippen MR) is 261 cm³/mol. The van der Waals surface area contributed by atoms with Crippen molar-refractivity contribution in [1.29, 1.82) is 0 Å². The number of aliphatic hydroxyl groups is 2. The molecule has 3 N–H and O–H groups in total. The molecule has 0 rings (SSSR count). The van der Waals surface area contributed by atoms with E-state index in [1.54, 1.807) is 0 Å². The lowest BCUT2D eigenvalue weighted by Gasteiger charge is -2.20. The van der Waals surface area contributed by atoms with Gasteiger partial charge < -0.3 is 24.6 Å². The summed E-state index contributed by atoms with van der Waals surface area (Å²) in [7, 11) is -4.52. The molecule has 0 aliphatic carbocycles. The van der Waals surface area contributed by atoms with Gasteiger partial charge in [-0.25, -0.2) is 4.57 Å². The van der Waals surface area contributed by atoms with Crippen LogP contribution in [0.1, 0.15) is 245 Å². The Kier molecular flexibility index (Phi) is 48.1. The normalized spacial score (nSPS) is 14.1. The molecular formula is C52H99O9P. The molecule has 0 saturated carbocycles. The van der Waals surface area contributed by atoms with Crippen molar-refractivity contribution in [2.45, 2.75) is 257 Å². The van der Waals surface area contributed by atoms with Crippen molar-refractivity contribution in [3.63, 3.8) is 0 Å². The molecular weight excluding hydrogens is 800 g/mol. The van der Waals surface area contributed by atoms with E-state index in [-0.39, 0.29) is 25.6 Å². The van der Waals surface area contributed by atoms with Crippen LogP contribution in [0, 0.1) is 0 Å². The number of hydrogen-bond acceptors (Lipinski definition) is 8. The lowest BCUT2D eigenvalue weighted by atomic mass is 10.1. The Morgan fingerprint density at radius 2 is 0.871 bits per heavy atom. The van der Waals surface area contributed by atoms with Crippen LogP contribution in [0.15, 0.2) is 36.5 Å². The Labute approximate surface area is 382 Å². The summed E-state index contributed by atoms with van der Waals surface area (Å²) in [5.74, 6) is -0.383. The van der Waals surface area contributed by atoms with Crippen molar-refractivity contribution in [2.24, 2.45) is 0 Å². The third kappa shape index (κ3) is 48.1. The molecule has 3 unspecified atom stereocenters. The smallest absolute Gasteiger partial charge is 0.457 e. The standard InChI is InChI=1S/C52H99O9P/c1-3-5-7-9-11-13-15-17-19-21-23-24-25-27-29-31-33-35-37-39-41-43-45-58-48-51(49-60-62(56,57)59-47-50(54)46-53)61-52(55)44-42-40-38-36-34-32-30-28-26-22-20-18-16-14-12-10-8-6-4-2/h15,17-18,20-21,23,50-51,53-54H,3-14,16,19,22,24-49H2,1-2H3,(H,56,57)/b17-15-,20-18-,23-21-. The number of carbonyl (C=O) groups excluding carboxylic acids is 1. The van der Waals surface area contributed by atoms with E-state index in [0.717, 1.165) is 44.9 Å². The minimum absolute atomic E-state index is 0.0482. The van der Waals surface area contributed by atoms with Gasteiger partial charge in [-0.2, -0.15) is 0 Å². The summed E-state index contributed by atoms with van der Waals surface area (Å²) in [5, 5.41) is 18.4. The Morgan fingerprint density at radius 3 is 1.31 bits per heavy atom. The number of phosphoric ester groups is 1. The van der Waals surface area contributed by atoms with Gasteiger partial charge in [-0.15, -0.1) is 0 Å². The first-order valence-electron chi connectivity index (χ1n) is 26.0. The van der Waals surface area contributed by atoms with E-state index in [2.05, 4.69) is 50.3 Å². The molecule has 0 amide bonds. The maximum atomic E-state index is 12.7. The minimum atomic E-state index is -4.52. The molecule has 366 valence electrons. The molecule has 0 bridgehead atoms. The first kappa shape index (κ1) is 60.7. The van der Waals surface area contributed by atoms with Gasteiger partial charge in [0.25, 0.3) is 0 Å². The number of unbranched alkanes of at least 4 members (excludes halogenated alkanes) is 30. The van der Waals surface area contributed by atoms with Gasteiger partial charge in [0.1, 0.15) is 12.2 Å². The fourth-order valence-electron chi connectivity index (χ4n) is 7.32. The largest absolute Gasteiger partial charge is 0.472 e. The van der Waals surface area contributed by atoms with Gasteiger partial charge in [0.05, 0.1) is 26.4 Å². The van der Waals surface area contributed by atoms with E-state index < -0.39 is 33.2 Å². The molecule has 0 fully saturated rings. The molecule has 0 radical (unpaired) electrons. The van der Waals surface area contributed by atoms with Crippen molar-refractivity contribution in [3.05, 3.63) is 36.5 Å². The lowest BCUT2D eigenvalue weighted by molar-refractivity contribution is -0.154. The highest BCUT2D eigenvalue weighted by atomic mass is 31.2. The summed E-state index contributed by atoms with van der Waals surface area (Å²) < 4.78 is 33.5. The Balaban J connectivity index is 4.06. The number of aliphatic hydroxyl groups excluding tert-OH is 2. The van der Waals surface area contributed by atoms with Crippen molar-refractivity contribution in [1.82, 2.24) is 0 Å². The summed E-state index contributed by atoms with van der Waals surface area (Å²) in [6, 6.07) is 0. The molecule has 0 aromatic carbocycles. The number of rotatable bonds is 50. The highest BCUT2D eigenvalue weighted by Gasteiger charge is 2.26. The zero-order chi connectivity index (χ0) is 45.3. The van der Waals surface area contributed by atoms with Gasteiger partial charge in [-0.1, -0.05) is 204 Å². The van der Waals surface area contributed by atoms with Crippen LogP contribution in [0.25, 0.3) is 0 Å².